The Morgan fingerprint density at radius 3 is 1.38 bits per heavy atom. The Kier molecular flexibility index (Phi) is 16.4. The summed E-state index contributed by atoms with van der Waals surface area (Å²) < 4.78 is 97.2. The standard InChI is InChI=1S/C73H42F4N8O12S2/c74-49-25-43-45(27-51(49)76)60(86)58(56(43)42(29-78)30-79)82-70-84-64-62(98-70)47-21-40-24-55-48(22-41(40)23-54(47)96-72(64,66(88)92-32-36-13-5-1-6-14-36)67(89)93-33-37-15-7-2-8-16-37)63-65(85-71(99-63)83-59-57(53(81)31-80)44-26-50(75)52(77)28-46(44)61(59)87)73(97-55,68(90)94-34-38-17-9-3-10-18-38)69(91)95-35-39-19-11-4-12-20-39/h1-28,40-41,58H,32-35,81H2,(H,82,84)/b57-53-,83-59-. The van der Waals surface area contributed by atoms with Crippen LogP contribution in [0.1, 0.15) is 75.2 Å². The fraction of sp³-hybridized carbons (Fsp3) is 0.123. The van der Waals surface area contributed by atoms with Crippen LogP contribution in [0.3, 0.4) is 0 Å². The molecule has 3 atom stereocenters. The van der Waals surface area contributed by atoms with Crippen molar-refractivity contribution in [3.05, 3.63) is 282 Å². The van der Waals surface area contributed by atoms with E-state index in [-0.39, 0.29) is 76.1 Å². The molecule has 4 heterocycles. The molecule has 0 radical (unpaired) electrons. The predicted octanol–water partition coefficient (Wildman–Crippen LogP) is 11.7. The molecule has 3 N–H and O–H groups in total. The second-order valence-electron chi connectivity index (χ2n) is 22.8. The number of ketones is 2. The Labute approximate surface area is 565 Å². The lowest BCUT2D eigenvalue weighted by molar-refractivity contribution is -0.191. The number of fused-ring (bicyclic) bond motifs is 9. The number of ether oxygens (including phenoxy) is 6. The molecule has 6 aromatic carbocycles. The zero-order valence-electron chi connectivity index (χ0n) is 50.7. The van der Waals surface area contributed by atoms with Crippen LogP contribution in [0.5, 0.6) is 0 Å². The Morgan fingerprint density at radius 1 is 0.545 bits per heavy atom. The minimum absolute atomic E-state index is 0.00237. The number of nitrogens with zero attached hydrogens (tertiary/aromatic N) is 6. The largest absolute Gasteiger partial charge is 0.458 e. The molecular weight excluding hydrogens is 1320 g/mol. The van der Waals surface area contributed by atoms with Gasteiger partial charge in [0.25, 0.3) is 0 Å². The van der Waals surface area contributed by atoms with Gasteiger partial charge in [-0.1, -0.05) is 156 Å². The zero-order chi connectivity index (χ0) is 69.0. The molecule has 486 valence electrons. The van der Waals surface area contributed by atoms with Gasteiger partial charge in [-0.05, 0) is 64.2 Å². The van der Waals surface area contributed by atoms with E-state index in [4.69, 9.17) is 44.1 Å². The summed E-state index contributed by atoms with van der Waals surface area (Å²) in [6.45, 7) is -1.66. The van der Waals surface area contributed by atoms with Crippen LogP contribution in [-0.4, -0.2) is 57.2 Å². The molecule has 14 rings (SSSR count). The number of aliphatic imine (C=N–C) groups is 1. The van der Waals surface area contributed by atoms with Gasteiger partial charge in [-0.3, -0.25) is 9.59 Å². The van der Waals surface area contributed by atoms with Crippen molar-refractivity contribution >= 4 is 96.4 Å². The van der Waals surface area contributed by atoms with Gasteiger partial charge < -0.3 is 39.5 Å². The maximum atomic E-state index is 15.4. The number of allylic oxidation sites excluding steroid dienone is 9. The third-order valence-corrected chi connectivity index (χ3v) is 18.9. The minimum atomic E-state index is -2.97. The van der Waals surface area contributed by atoms with Gasteiger partial charge in [-0.2, -0.15) is 15.8 Å². The molecule has 6 aliphatic rings. The highest BCUT2D eigenvalue weighted by atomic mass is 32.1. The number of carbonyl (C=O) groups is 6. The van der Waals surface area contributed by atoms with Gasteiger partial charge >= 0.3 is 35.1 Å². The first-order chi connectivity index (χ1) is 47.9. The Hall–Kier alpha value is -12.7. The number of nitrogens with two attached hydrogens (primary N) is 1. The number of hydrogen-bond donors (Lipinski definition) is 2. The summed E-state index contributed by atoms with van der Waals surface area (Å²) >= 11 is 1.47. The van der Waals surface area contributed by atoms with Crippen LogP contribution < -0.4 is 11.1 Å². The summed E-state index contributed by atoms with van der Waals surface area (Å²) in [6.07, 6.45) is 6.37. The first-order valence-electron chi connectivity index (χ1n) is 29.9. The van der Waals surface area contributed by atoms with E-state index < -0.39 is 143 Å². The smallest absolute Gasteiger partial charge is 0.369 e. The van der Waals surface area contributed by atoms with Gasteiger partial charge in [0.2, 0.25) is 10.9 Å². The van der Waals surface area contributed by atoms with Crippen LogP contribution in [-0.2, 0) is 85.2 Å². The molecule has 0 spiro atoms. The second-order valence-corrected chi connectivity index (χ2v) is 24.8. The van der Waals surface area contributed by atoms with Crippen molar-refractivity contribution in [1.82, 2.24) is 9.97 Å². The predicted molar refractivity (Wildman–Crippen MR) is 345 cm³/mol. The number of rotatable bonds is 15. The van der Waals surface area contributed by atoms with E-state index in [1.54, 1.807) is 164 Å². The van der Waals surface area contributed by atoms with E-state index in [9.17, 15) is 38.5 Å². The summed E-state index contributed by atoms with van der Waals surface area (Å²) in [7, 11) is 0. The molecule has 0 fully saturated rings. The number of carbonyl (C=O) groups excluding carboxylic acids is 6. The lowest BCUT2D eigenvalue weighted by Crippen LogP contribution is -2.51. The number of Topliss-reactive ketones (excluding diaryl/α,β-unsaturated/α-hetero) is 2. The molecule has 20 nitrogen and oxygen atoms in total. The normalized spacial score (nSPS) is 18.5. The van der Waals surface area contributed by atoms with E-state index in [2.05, 4.69) is 10.3 Å². The quantitative estimate of drug-likeness (QED) is 0.0317. The highest BCUT2D eigenvalue weighted by molar-refractivity contribution is 7.17. The second kappa shape index (κ2) is 25.5. The molecule has 2 aliphatic heterocycles. The molecular formula is C73H42F4N8O12S2. The number of anilines is 1. The Morgan fingerprint density at radius 2 is 0.949 bits per heavy atom. The molecule has 26 heteroatoms. The monoisotopic (exact) mass is 1360 g/mol. The lowest BCUT2D eigenvalue weighted by atomic mass is 9.76. The molecule has 2 aromatic heterocycles. The number of benzene rings is 6. The van der Waals surface area contributed by atoms with Crippen molar-refractivity contribution in [1.29, 1.82) is 15.8 Å². The van der Waals surface area contributed by atoms with Gasteiger partial charge in [-0.25, -0.2) is 51.7 Å². The van der Waals surface area contributed by atoms with Crippen molar-refractivity contribution in [2.45, 2.75) is 43.7 Å². The average Bonchev–Trinajstić information content (AvgIpc) is 1.66. The molecule has 99 heavy (non-hydrogen) atoms. The SMILES string of the molecule is N#CC(C#N)=C1c2cc(F)c(F)cc2C(=O)C1Nc1nc2c(s1)C1=CC3C=C4OC(C(=O)OCc5ccccc5)(C(=O)OCc5ccccc5)c5nc(/N=C6\C(=O)c7cc(F)c(F)cc7\C6=C(\N)C#N)sc5C4=CC3C=C1OC2(C(=O)OCc1ccccc1)C(=O)OCc1ccccc1. The molecule has 3 unspecified atom stereocenters. The van der Waals surface area contributed by atoms with Crippen LogP contribution in [0.2, 0.25) is 0 Å². The van der Waals surface area contributed by atoms with Gasteiger partial charge in [0.15, 0.2) is 34.2 Å². The van der Waals surface area contributed by atoms with Crippen LogP contribution in [0.15, 0.2) is 198 Å². The highest BCUT2D eigenvalue weighted by Crippen LogP contribution is 2.56. The number of nitriles is 3. The van der Waals surface area contributed by atoms with Crippen molar-refractivity contribution < 1.29 is 74.8 Å². The number of hydrogen-bond acceptors (Lipinski definition) is 22. The minimum Gasteiger partial charge on any atom is -0.458 e. The first kappa shape index (κ1) is 63.7. The molecule has 0 saturated carbocycles. The maximum Gasteiger partial charge on any atom is 0.369 e. The van der Waals surface area contributed by atoms with E-state index in [1.165, 1.54) is 0 Å². The summed E-state index contributed by atoms with van der Waals surface area (Å²) in [5.41, 5.74) is -2.21. The summed E-state index contributed by atoms with van der Waals surface area (Å²) in [4.78, 5) is 104. The average molecular weight is 1360 g/mol. The van der Waals surface area contributed by atoms with Crippen molar-refractivity contribution in [3.63, 3.8) is 0 Å². The summed E-state index contributed by atoms with van der Waals surface area (Å²) in [5, 5.41) is 32.8. The van der Waals surface area contributed by atoms with Crippen LogP contribution in [0, 0.1) is 69.1 Å². The molecule has 0 amide bonds. The third kappa shape index (κ3) is 11.1. The molecule has 4 aliphatic carbocycles. The molecule has 8 aromatic rings. The number of halogens is 4. The topological polar surface area (TPSA) is 305 Å². The van der Waals surface area contributed by atoms with Crippen molar-refractivity contribution in [2.75, 3.05) is 5.32 Å². The number of aromatic nitrogens is 2. The van der Waals surface area contributed by atoms with E-state index in [0.717, 1.165) is 11.3 Å². The van der Waals surface area contributed by atoms with Gasteiger partial charge in [-0.15, -0.1) is 0 Å². The zero-order valence-corrected chi connectivity index (χ0v) is 52.3. The van der Waals surface area contributed by atoms with Crippen molar-refractivity contribution in [2.24, 2.45) is 22.6 Å². The molecule has 0 saturated heterocycles. The Bertz CT molecular complexity index is 5090. The van der Waals surface area contributed by atoms with E-state index in [0.29, 0.717) is 57.9 Å². The van der Waals surface area contributed by atoms with E-state index in [1.807, 2.05) is 0 Å². The highest BCUT2D eigenvalue weighted by Gasteiger charge is 2.63. The number of esters is 4. The molecule has 0 bridgehead atoms. The van der Waals surface area contributed by atoms with Gasteiger partial charge in [0.05, 0.1) is 9.75 Å². The van der Waals surface area contributed by atoms with Crippen LogP contribution in [0.25, 0.3) is 22.3 Å². The summed E-state index contributed by atoms with van der Waals surface area (Å²) in [5.74, 6) is -14.8. The van der Waals surface area contributed by atoms with Gasteiger partial charge in [0.1, 0.15) is 90.6 Å². The van der Waals surface area contributed by atoms with Crippen molar-refractivity contribution in [3.8, 4) is 18.2 Å². The van der Waals surface area contributed by atoms with Crippen LogP contribution in [0.4, 0.5) is 27.8 Å². The van der Waals surface area contributed by atoms with Crippen LogP contribution >= 0.6 is 22.7 Å². The lowest BCUT2D eigenvalue weighted by Gasteiger charge is -2.40. The Balaban J connectivity index is 0.942. The summed E-state index contributed by atoms with van der Waals surface area (Å²) in [6, 6.07) is 39.8. The van der Waals surface area contributed by atoms with E-state index >= 15 is 23.6 Å². The maximum absolute atomic E-state index is 15.4. The fourth-order valence-electron chi connectivity index (χ4n) is 12.1. The first-order valence-corrected chi connectivity index (χ1v) is 31.6. The fourth-order valence-corrected chi connectivity index (χ4v) is 14.2. The van der Waals surface area contributed by atoms with Gasteiger partial charge in [0, 0.05) is 50.8 Å². The number of nitrogens with one attached hydrogen (secondary N) is 1. The third-order valence-electron chi connectivity index (χ3n) is 16.9. The number of thiazole rings is 2.